The zero-order valence-corrected chi connectivity index (χ0v) is 18.4. The van der Waals surface area contributed by atoms with Gasteiger partial charge in [-0.3, -0.25) is 0 Å². The highest BCUT2D eigenvalue weighted by Gasteiger charge is 2.18. The summed E-state index contributed by atoms with van der Waals surface area (Å²) in [6.07, 6.45) is 1.83. The zero-order valence-electron chi connectivity index (χ0n) is 18.4. The summed E-state index contributed by atoms with van der Waals surface area (Å²) in [7, 11) is 3.35. The third-order valence-corrected chi connectivity index (χ3v) is 5.21. The van der Waals surface area contributed by atoms with Crippen molar-refractivity contribution < 1.29 is 14.6 Å². The van der Waals surface area contributed by atoms with Crippen LogP contribution in [0.3, 0.4) is 0 Å². The first-order valence-electron chi connectivity index (χ1n) is 10.4. The number of aliphatic hydroxyl groups excluding tert-OH is 1. The van der Waals surface area contributed by atoms with Gasteiger partial charge in [0.2, 0.25) is 0 Å². The molecule has 6 heteroatoms. The number of nitrogens with zero attached hydrogens (tertiary/aromatic N) is 2. The molecular weight excluding hydrogens is 390 g/mol. The first kappa shape index (κ1) is 22.6. The Morgan fingerprint density at radius 3 is 1.94 bits per heavy atom. The predicted octanol–water partition coefficient (Wildman–Crippen LogP) is 3.95. The van der Waals surface area contributed by atoms with Gasteiger partial charge in [-0.25, -0.2) is 4.98 Å². The lowest BCUT2D eigenvalue weighted by Crippen LogP contribution is -2.28. The highest BCUT2D eigenvalue weighted by atomic mass is 16.5. The molecule has 0 aliphatic carbocycles. The molecule has 0 fully saturated rings. The maximum absolute atomic E-state index is 9.21. The van der Waals surface area contributed by atoms with Crippen molar-refractivity contribution in [1.29, 1.82) is 0 Å². The monoisotopic (exact) mass is 421 g/mol. The molecule has 31 heavy (non-hydrogen) atoms. The van der Waals surface area contributed by atoms with Crippen molar-refractivity contribution in [2.75, 3.05) is 32.3 Å². The van der Waals surface area contributed by atoms with Gasteiger partial charge in [0.1, 0.15) is 17.3 Å². The molecule has 0 bridgehead atoms. The minimum atomic E-state index is 0.0603. The number of rotatable bonds is 11. The van der Waals surface area contributed by atoms with E-state index >= 15 is 0 Å². The molecular formula is C25H31N3O3. The Balaban J connectivity index is 1.92. The summed E-state index contributed by atoms with van der Waals surface area (Å²) >= 11 is 0. The summed E-state index contributed by atoms with van der Waals surface area (Å²) in [6.45, 7) is 4.13. The standard InChI is InChI=1S/C25H31N3O3/c1-19(26-15-16-29)24-5-4-14-27-25(24)28(17-20-6-10-22(30-2)11-7-20)18-21-8-12-23(31-3)13-9-21/h4-14,19,26,29H,15-18H2,1-3H3. The Labute approximate surface area is 184 Å². The molecule has 2 N–H and O–H groups in total. The fraction of sp³-hybridized carbons (Fsp3) is 0.320. The quantitative estimate of drug-likeness (QED) is 0.489. The van der Waals surface area contributed by atoms with Crippen LogP contribution < -0.4 is 19.7 Å². The number of anilines is 1. The largest absolute Gasteiger partial charge is 0.497 e. The van der Waals surface area contributed by atoms with Crippen LogP contribution >= 0.6 is 0 Å². The number of benzene rings is 2. The van der Waals surface area contributed by atoms with Crippen LogP contribution in [0.15, 0.2) is 66.9 Å². The molecule has 2 aromatic carbocycles. The number of pyridine rings is 1. The first-order chi connectivity index (χ1) is 15.1. The van der Waals surface area contributed by atoms with E-state index in [9.17, 15) is 5.11 Å². The van der Waals surface area contributed by atoms with Crippen molar-refractivity contribution in [2.45, 2.75) is 26.1 Å². The van der Waals surface area contributed by atoms with E-state index in [0.29, 0.717) is 19.6 Å². The van der Waals surface area contributed by atoms with Crippen molar-refractivity contribution in [3.05, 3.63) is 83.6 Å². The number of nitrogens with one attached hydrogen (secondary N) is 1. The van der Waals surface area contributed by atoms with Crippen LogP contribution in [0.2, 0.25) is 0 Å². The third kappa shape index (κ3) is 6.20. The fourth-order valence-corrected chi connectivity index (χ4v) is 3.51. The average Bonchev–Trinajstić information content (AvgIpc) is 2.83. The van der Waals surface area contributed by atoms with E-state index in [0.717, 1.165) is 22.9 Å². The minimum absolute atomic E-state index is 0.0603. The van der Waals surface area contributed by atoms with Crippen molar-refractivity contribution in [3.8, 4) is 11.5 Å². The Bertz CT molecular complexity index is 880. The van der Waals surface area contributed by atoms with E-state index in [4.69, 9.17) is 14.5 Å². The molecule has 0 saturated carbocycles. The normalized spacial score (nSPS) is 11.7. The Kier molecular flexibility index (Phi) is 8.27. The summed E-state index contributed by atoms with van der Waals surface area (Å²) in [5.41, 5.74) is 3.43. The van der Waals surface area contributed by atoms with Gasteiger partial charge < -0.3 is 24.8 Å². The second-order valence-corrected chi connectivity index (χ2v) is 7.37. The SMILES string of the molecule is COc1ccc(CN(Cc2ccc(OC)cc2)c2ncccc2C(C)NCCO)cc1. The van der Waals surface area contributed by atoms with Crippen LogP contribution in [0, 0.1) is 0 Å². The van der Waals surface area contributed by atoms with Gasteiger partial charge in [-0.1, -0.05) is 30.3 Å². The van der Waals surface area contributed by atoms with Crippen molar-refractivity contribution >= 4 is 5.82 Å². The van der Waals surface area contributed by atoms with E-state index in [1.165, 1.54) is 11.1 Å². The maximum atomic E-state index is 9.21. The van der Waals surface area contributed by atoms with Gasteiger partial charge in [0.15, 0.2) is 0 Å². The van der Waals surface area contributed by atoms with Crippen LogP contribution in [0.5, 0.6) is 11.5 Å². The van der Waals surface area contributed by atoms with Crippen LogP contribution in [0.25, 0.3) is 0 Å². The number of hydrogen-bond acceptors (Lipinski definition) is 6. The molecule has 0 radical (unpaired) electrons. The third-order valence-electron chi connectivity index (χ3n) is 5.21. The average molecular weight is 422 g/mol. The Morgan fingerprint density at radius 1 is 0.903 bits per heavy atom. The van der Waals surface area contributed by atoms with Crippen molar-refractivity contribution in [2.24, 2.45) is 0 Å². The van der Waals surface area contributed by atoms with Gasteiger partial charge >= 0.3 is 0 Å². The second-order valence-electron chi connectivity index (χ2n) is 7.37. The molecule has 3 rings (SSSR count). The highest BCUT2D eigenvalue weighted by molar-refractivity contribution is 5.50. The van der Waals surface area contributed by atoms with Gasteiger partial charge in [-0.05, 0) is 48.4 Å². The van der Waals surface area contributed by atoms with E-state index < -0.39 is 0 Å². The lowest BCUT2D eigenvalue weighted by Gasteiger charge is -2.28. The van der Waals surface area contributed by atoms with Gasteiger partial charge in [-0.15, -0.1) is 0 Å². The topological polar surface area (TPSA) is 66.9 Å². The van der Waals surface area contributed by atoms with E-state index in [2.05, 4.69) is 47.5 Å². The van der Waals surface area contributed by atoms with E-state index in [1.54, 1.807) is 14.2 Å². The van der Waals surface area contributed by atoms with Gasteiger partial charge in [0.05, 0.1) is 20.8 Å². The molecule has 0 aliphatic heterocycles. The number of aromatic nitrogens is 1. The van der Waals surface area contributed by atoms with Gasteiger partial charge in [-0.2, -0.15) is 0 Å². The first-order valence-corrected chi connectivity index (χ1v) is 10.4. The van der Waals surface area contributed by atoms with E-state index in [-0.39, 0.29) is 12.6 Å². The molecule has 1 aromatic heterocycles. The summed E-state index contributed by atoms with van der Waals surface area (Å²) in [5.74, 6) is 2.60. The molecule has 164 valence electrons. The van der Waals surface area contributed by atoms with Crippen LogP contribution in [-0.2, 0) is 13.1 Å². The number of methoxy groups -OCH3 is 2. The summed E-state index contributed by atoms with van der Waals surface area (Å²) in [6, 6.07) is 20.3. The lowest BCUT2D eigenvalue weighted by atomic mass is 10.1. The van der Waals surface area contributed by atoms with Gasteiger partial charge in [0.25, 0.3) is 0 Å². The number of aliphatic hydroxyl groups is 1. The zero-order chi connectivity index (χ0) is 22.1. The number of hydrogen-bond donors (Lipinski definition) is 2. The van der Waals surface area contributed by atoms with Gasteiger partial charge in [0, 0.05) is 37.4 Å². The maximum Gasteiger partial charge on any atom is 0.133 e. The second kappa shape index (κ2) is 11.3. The predicted molar refractivity (Wildman–Crippen MR) is 124 cm³/mol. The van der Waals surface area contributed by atoms with Crippen molar-refractivity contribution in [1.82, 2.24) is 10.3 Å². The van der Waals surface area contributed by atoms with Crippen molar-refractivity contribution in [3.63, 3.8) is 0 Å². The summed E-state index contributed by atoms with van der Waals surface area (Å²) < 4.78 is 10.6. The van der Waals surface area contributed by atoms with E-state index in [1.807, 2.05) is 36.5 Å². The molecule has 1 unspecified atom stereocenters. The molecule has 1 heterocycles. The minimum Gasteiger partial charge on any atom is -0.497 e. The highest BCUT2D eigenvalue weighted by Crippen LogP contribution is 2.27. The fourth-order valence-electron chi connectivity index (χ4n) is 3.51. The molecule has 0 amide bonds. The summed E-state index contributed by atoms with van der Waals surface area (Å²) in [4.78, 5) is 7.02. The Hall–Kier alpha value is -3.09. The lowest BCUT2D eigenvalue weighted by molar-refractivity contribution is 0.286. The molecule has 0 saturated heterocycles. The molecule has 6 nitrogen and oxygen atoms in total. The smallest absolute Gasteiger partial charge is 0.133 e. The Morgan fingerprint density at radius 2 is 1.45 bits per heavy atom. The van der Waals surface area contributed by atoms with Crippen LogP contribution in [-0.4, -0.2) is 37.5 Å². The molecule has 3 aromatic rings. The molecule has 0 spiro atoms. The molecule has 1 atom stereocenters. The number of ether oxygens (including phenoxy) is 2. The molecule has 0 aliphatic rings. The van der Waals surface area contributed by atoms with Crippen LogP contribution in [0.1, 0.15) is 29.7 Å². The summed E-state index contributed by atoms with van der Waals surface area (Å²) in [5, 5.41) is 12.6. The van der Waals surface area contributed by atoms with Crippen LogP contribution in [0.4, 0.5) is 5.82 Å².